The summed E-state index contributed by atoms with van der Waals surface area (Å²) in [5.74, 6) is 0.0742. The van der Waals surface area contributed by atoms with Crippen molar-refractivity contribution >= 4 is 63.3 Å². The van der Waals surface area contributed by atoms with Gasteiger partial charge in [0.15, 0.2) is 0 Å². The summed E-state index contributed by atoms with van der Waals surface area (Å²) < 4.78 is 0.706. The first-order valence-electron chi connectivity index (χ1n) is 8.07. The molecular weight excluding hydrogens is 380 g/mol. The van der Waals surface area contributed by atoms with Crippen molar-refractivity contribution in [2.24, 2.45) is 0 Å². The molecule has 3 aliphatic rings. The lowest BCUT2D eigenvalue weighted by atomic mass is 9.94. The van der Waals surface area contributed by atoms with E-state index in [1.807, 2.05) is 30.1 Å². The molecule has 2 fully saturated rings. The van der Waals surface area contributed by atoms with Gasteiger partial charge in [0, 0.05) is 23.0 Å². The van der Waals surface area contributed by atoms with Gasteiger partial charge >= 0.3 is 0 Å². The van der Waals surface area contributed by atoms with Crippen LogP contribution >= 0.6 is 47.3 Å². The van der Waals surface area contributed by atoms with E-state index in [0.29, 0.717) is 9.34 Å². The molecule has 0 bridgehead atoms. The third-order valence-corrected chi connectivity index (χ3v) is 7.72. The minimum absolute atomic E-state index is 0.0742. The summed E-state index contributed by atoms with van der Waals surface area (Å²) >= 11 is 14.7. The van der Waals surface area contributed by atoms with E-state index < -0.39 is 0 Å². The lowest BCUT2D eigenvalue weighted by Crippen LogP contribution is -2.40. The van der Waals surface area contributed by atoms with Gasteiger partial charge in [-0.3, -0.25) is 9.69 Å². The Morgan fingerprint density at radius 3 is 2.71 bits per heavy atom. The molecule has 0 radical (unpaired) electrons. The van der Waals surface area contributed by atoms with Gasteiger partial charge in [-0.1, -0.05) is 66.6 Å². The van der Waals surface area contributed by atoms with E-state index >= 15 is 0 Å². The molecule has 126 valence electrons. The average Bonchev–Trinajstić information content (AvgIpc) is 3.05. The van der Waals surface area contributed by atoms with Gasteiger partial charge in [0.1, 0.15) is 9.23 Å². The Labute approximate surface area is 160 Å². The molecule has 7 heteroatoms. The summed E-state index contributed by atoms with van der Waals surface area (Å²) in [5.41, 5.74) is 1.05. The fraction of sp³-hybridized carbons (Fsp3) is 0.412. The number of fused-ring (bicyclic) bond motifs is 1. The minimum atomic E-state index is 0.0742. The van der Waals surface area contributed by atoms with Crippen molar-refractivity contribution in [2.45, 2.75) is 43.0 Å². The zero-order valence-corrected chi connectivity index (χ0v) is 16.5. The number of carbonyl (C=O) groups excluding carboxylic acids is 1. The van der Waals surface area contributed by atoms with Crippen LogP contribution in [-0.4, -0.2) is 28.2 Å². The van der Waals surface area contributed by atoms with E-state index in [9.17, 15) is 4.79 Å². The first kappa shape index (κ1) is 16.8. The zero-order valence-electron chi connectivity index (χ0n) is 13.3. The molecule has 1 amide bonds. The van der Waals surface area contributed by atoms with E-state index in [0.717, 1.165) is 33.4 Å². The Bertz CT molecular complexity index is 758. The predicted molar refractivity (Wildman–Crippen MR) is 107 cm³/mol. The number of hydrogen-bond acceptors (Lipinski definition) is 5. The summed E-state index contributed by atoms with van der Waals surface area (Å²) in [6.45, 7) is 0. The predicted octanol–water partition coefficient (Wildman–Crippen LogP) is 5.24. The second-order valence-electron chi connectivity index (χ2n) is 6.24. The standard InChI is InChI=1S/C17H17ClN2OS3/c1-19-12-9-10(18)7-8-13(12)23-16(19)14-15(21)20(17(22)24-14)11-5-3-2-4-6-11/h7-9,11H,2-6H2,1H3. The zero-order chi connectivity index (χ0) is 16.8. The summed E-state index contributed by atoms with van der Waals surface area (Å²) in [6, 6.07) is 6.11. The molecular formula is C17H17ClN2OS3. The van der Waals surface area contributed by atoms with Gasteiger partial charge in [0.25, 0.3) is 5.91 Å². The van der Waals surface area contributed by atoms with Crippen LogP contribution in [0, 0.1) is 0 Å². The highest BCUT2D eigenvalue weighted by Crippen LogP contribution is 2.51. The quantitative estimate of drug-likeness (QED) is 0.477. The number of halogens is 1. The van der Waals surface area contributed by atoms with E-state index in [-0.39, 0.29) is 11.9 Å². The van der Waals surface area contributed by atoms with Crippen LogP contribution in [0.25, 0.3) is 0 Å². The Balaban J connectivity index is 1.66. The molecule has 1 aromatic rings. The maximum Gasteiger partial charge on any atom is 0.269 e. The molecule has 2 heterocycles. The maximum absolute atomic E-state index is 13.1. The molecule has 24 heavy (non-hydrogen) atoms. The van der Waals surface area contributed by atoms with Crippen LogP contribution in [0.5, 0.6) is 0 Å². The van der Waals surface area contributed by atoms with Gasteiger partial charge in [0.05, 0.1) is 10.7 Å². The van der Waals surface area contributed by atoms with Crippen molar-refractivity contribution in [2.75, 3.05) is 11.9 Å². The van der Waals surface area contributed by atoms with Crippen LogP contribution in [0.4, 0.5) is 5.69 Å². The smallest absolute Gasteiger partial charge is 0.269 e. The fourth-order valence-electron chi connectivity index (χ4n) is 3.48. The monoisotopic (exact) mass is 396 g/mol. The highest BCUT2D eigenvalue weighted by Gasteiger charge is 2.41. The normalized spacial score (nSPS) is 24.9. The largest absolute Gasteiger partial charge is 0.337 e. The maximum atomic E-state index is 13.1. The average molecular weight is 397 g/mol. The SMILES string of the molecule is CN1C(=C2SC(=S)N(C3CCCCC3)C2=O)Sc2ccc(Cl)cc21. The second kappa shape index (κ2) is 6.56. The lowest BCUT2D eigenvalue weighted by molar-refractivity contribution is -0.124. The lowest BCUT2D eigenvalue weighted by Gasteiger charge is -2.30. The van der Waals surface area contributed by atoms with Crippen LogP contribution in [0.2, 0.25) is 5.02 Å². The molecule has 0 spiro atoms. The van der Waals surface area contributed by atoms with Crippen molar-refractivity contribution < 1.29 is 4.79 Å². The topological polar surface area (TPSA) is 23.6 Å². The number of amides is 1. The molecule has 1 saturated carbocycles. The Kier molecular flexibility index (Phi) is 4.58. The molecule has 1 aliphatic carbocycles. The first-order chi connectivity index (χ1) is 11.6. The van der Waals surface area contributed by atoms with Crippen molar-refractivity contribution in [3.05, 3.63) is 33.2 Å². The molecule has 0 aromatic heterocycles. The number of thiocarbonyl (C=S) groups is 1. The van der Waals surface area contributed by atoms with Crippen molar-refractivity contribution in [3.8, 4) is 0 Å². The fourth-order valence-corrected chi connectivity index (χ4v) is 6.35. The van der Waals surface area contributed by atoms with Crippen LogP contribution in [0.15, 0.2) is 33.0 Å². The molecule has 0 unspecified atom stereocenters. The van der Waals surface area contributed by atoms with Gasteiger partial charge in [-0.05, 0) is 31.0 Å². The molecule has 2 aliphatic heterocycles. The number of anilines is 1. The second-order valence-corrected chi connectivity index (χ2v) is 9.35. The third-order valence-electron chi connectivity index (χ3n) is 4.73. The highest BCUT2D eigenvalue weighted by atomic mass is 35.5. The first-order valence-corrected chi connectivity index (χ1v) is 10.5. The van der Waals surface area contributed by atoms with Gasteiger partial charge in [-0.25, -0.2) is 0 Å². The van der Waals surface area contributed by atoms with Crippen LogP contribution in [0.3, 0.4) is 0 Å². The summed E-state index contributed by atoms with van der Waals surface area (Å²) in [7, 11) is 1.98. The molecule has 0 N–H and O–H groups in total. The van der Waals surface area contributed by atoms with Crippen LogP contribution in [-0.2, 0) is 4.79 Å². The number of carbonyl (C=O) groups is 1. The molecule has 4 rings (SSSR count). The Morgan fingerprint density at radius 2 is 1.96 bits per heavy atom. The Morgan fingerprint density at radius 1 is 1.21 bits per heavy atom. The molecule has 1 aromatic carbocycles. The summed E-state index contributed by atoms with van der Waals surface area (Å²) in [6.07, 6.45) is 5.77. The van der Waals surface area contributed by atoms with Crippen LogP contribution in [0.1, 0.15) is 32.1 Å². The highest BCUT2D eigenvalue weighted by molar-refractivity contribution is 8.27. The van der Waals surface area contributed by atoms with Gasteiger partial charge in [0.2, 0.25) is 0 Å². The van der Waals surface area contributed by atoms with E-state index in [2.05, 4.69) is 4.90 Å². The summed E-state index contributed by atoms with van der Waals surface area (Å²) in [5, 5.41) is 1.67. The number of hydrogen-bond donors (Lipinski definition) is 0. The van der Waals surface area contributed by atoms with Gasteiger partial charge in [-0.2, -0.15) is 0 Å². The molecule has 3 nitrogen and oxygen atoms in total. The van der Waals surface area contributed by atoms with E-state index in [1.54, 1.807) is 11.8 Å². The van der Waals surface area contributed by atoms with Crippen molar-refractivity contribution in [3.63, 3.8) is 0 Å². The van der Waals surface area contributed by atoms with E-state index in [4.69, 9.17) is 23.8 Å². The molecule has 1 saturated heterocycles. The van der Waals surface area contributed by atoms with Gasteiger partial charge < -0.3 is 4.90 Å². The van der Waals surface area contributed by atoms with Crippen molar-refractivity contribution in [1.82, 2.24) is 4.90 Å². The van der Waals surface area contributed by atoms with Crippen LogP contribution < -0.4 is 4.90 Å². The molecule has 0 atom stereocenters. The Hall–Kier alpha value is -0.690. The summed E-state index contributed by atoms with van der Waals surface area (Å²) in [4.78, 5) is 18.9. The number of benzene rings is 1. The van der Waals surface area contributed by atoms with Gasteiger partial charge in [-0.15, -0.1) is 0 Å². The number of rotatable bonds is 1. The third kappa shape index (κ3) is 2.77. The van der Waals surface area contributed by atoms with E-state index in [1.165, 1.54) is 31.0 Å². The minimum Gasteiger partial charge on any atom is -0.337 e. The number of thioether (sulfide) groups is 2. The number of nitrogens with zero attached hydrogens (tertiary/aromatic N) is 2. The van der Waals surface area contributed by atoms with Crippen molar-refractivity contribution in [1.29, 1.82) is 0 Å².